The monoisotopic (exact) mass is 460 g/mol. The zero-order valence-corrected chi connectivity index (χ0v) is 18.3. The summed E-state index contributed by atoms with van der Waals surface area (Å²) in [4.78, 5) is 13.5. The van der Waals surface area contributed by atoms with E-state index in [1.54, 1.807) is 6.26 Å². The third-order valence-electron chi connectivity index (χ3n) is 5.12. The first-order chi connectivity index (χ1) is 13.8. The first-order valence-corrected chi connectivity index (χ1v) is 10.5. The van der Waals surface area contributed by atoms with Crippen LogP contribution in [0.25, 0.3) is 0 Å². The van der Waals surface area contributed by atoms with E-state index >= 15 is 0 Å². The second-order valence-corrected chi connectivity index (χ2v) is 7.78. The summed E-state index contributed by atoms with van der Waals surface area (Å²) in [7, 11) is 1.27. The zero-order valence-electron chi connectivity index (χ0n) is 16.6. The number of thioether (sulfide) groups is 1. The van der Waals surface area contributed by atoms with E-state index < -0.39 is 23.2 Å². The molecule has 0 aliphatic carbocycles. The maximum absolute atomic E-state index is 13.3. The summed E-state index contributed by atoms with van der Waals surface area (Å²) in [5.41, 5.74) is -0.404. The number of piperidine rings is 1. The average Bonchev–Trinajstić information content (AvgIpc) is 2.73. The lowest BCUT2D eigenvalue weighted by atomic mass is 9.82. The molecule has 1 heterocycles. The summed E-state index contributed by atoms with van der Waals surface area (Å²) < 4.78 is 44.9. The summed E-state index contributed by atoms with van der Waals surface area (Å²) in [5, 5.41) is 6.41. The van der Waals surface area contributed by atoms with Gasteiger partial charge in [0, 0.05) is 11.4 Å². The molecule has 0 spiro atoms. The van der Waals surface area contributed by atoms with Crippen molar-refractivity contribution in [1.29, 1.82) is 0 Å². The van der Waals surface area contributed by atoms with Crippen LogP contribution in [0.4, 0.5) is 13.2 Å². The van der Waals surface area contributed by atoms with Gasteiger partial charge in [-0.2, -0.15) is 13.2 Å². The maximum atomic E-state index is 13.3. The van der Waals surface area contributed by atoms with Crippen LogP contribution in [0, 0.1) is 0 Å². The smallest absolute Gasteiger partial charge is 0.416 e. The fraction of sp³-hybridized carbons (Fsp3) is 0.381. The molecule has 3 rings (SSSR count). The molecule has 0 aromatic heterocycles. The molecule has 1 aliphatic rings. The zero-order chi connectivity index (χ0) is 21.1. The molecule has 1 saturated heterocycles. The number of carbonyl (C=O) groups excluding carboxylic acids is 1. The van der Waals surface area contributed by atoms with Crippen LogP contribution in [0.1, 0.15) is 34.3 Å². The van der Waals surface area contributed by atoms with Crippen molar-refractivity contribution < 1.29 is 22.7 Å². The average molecular weight is 461 g/mol. The van der Waals surface area contributed by atoms with E-state index in [2.05, 4.69) is 10.6 Å². The first kappa shape index (κ1) is 24.4. The van der Waals surface area contributed by atoms with Crippen molar-refractivity contribution in [2.75, 3.05) is 26.5 Å². The van der Waals surface area contributed by atoms with Gasteiger partial charge in [0.1, 0.15) is 5.75 Å². The Bertz CT molecular complexity index is 847. The number of carbonyl (C=O) groups is 1. The van der Waals surface area contributed by atoms with Crippen LogP contribution >= 0.6 is 24.2 Å². The Morgan fingerprint density at radius 1 is 1.23 bits per heavy atom. The van der Waals surface area contributed by atoms with Crippen molar-refractivity contribution in [3.05, 3.63) is 59.2 Å². The van der Waals surface area contributed by atoms with Gasteiger partial charge in [-0.25, -0.2) is 0 Å². The highest BCUT2D eigenvalue weighted by atomic mass is 35.5. The summed E-state index contributed by atoms with van der Waals surface area (Å²) in [6, 6.07) is 11.5. The number of halogens is 4. The van der Waals surface area contributed by atoms with Gasteiger partial charge in [-0.1, -0.05) is 30.3 Å². The van der Waals surface area contributed by atoms with Crippen LogP contribution in [0.2, 0.25) is 0 Å². The van der Waals surface area contributed by atoms with Gasteiger partial charge in [0.05, 0.1) is 23.8 Å². The van der Waals surface area contributed by atoms with E-state index in [1.165, 1.54) is 7.11 Å². The van der Waals surface area contributed by atoms with Crippen molar-refractivity contribution in [3.8, 4) is 5.75 Å². The highest BCUT2D eigenvalue weighted by molar-refractivity contribution is 7.98. The lowest BCUT2D eigenvalue weighted by Gasteiger charge is -2.39. The number of methoxy groups -OCH3 is 1. The van der Waals surface area contributed by atoms with Gasteiger partial charge < -0.3 is 15.4 Å². The molecule has 0 saturated carbocycles. The van der Waals surface area contributed by atoms with Gasteiger partial charge >= 0.3 is 6.18 Å². The number of hydrogen-bond donors (Lipinski definition) is 2. The van der Waals surface area contributed by atoms with Gasteiger partial charge in [0.2, 0.25) is 0 Å². The van der Waals surface area contributed by atoms with E-state index in [9.17, 15) is 18.0 Å². The van der Waals surface area contributed by atoms with Crippen molar-refractivity contribution in [3.63, 3.8) is 0 Å². The van der Waals surface area contributed by atoms with Crippen LogP contribution in [-0.2, 0) is 11.7 Å². The topological polar surface area (TPSA) is 50.4 Å². The van der Waals surface area contributed by atoms with Crippen molar-refractivity contribution in [2.24, 2.45) is 0 Å². The Balaban J connectivity index is 0.00000320. The van der Waals surface area contributed by atoms with Crippen LogP contribution in [-0.4, -0.2) is 32.4 Å². The first-order valence-electron chi connectivity index (χ1n) is 9.23. The normalized spacial score (nSPS) is 19.0. The molecule has 164 valence electrons. The molecule has 1 amide bonds. The summed E-state index contributed by atoms with van der Waals surface area (Å²) in [6.07, 6.45) is -1.28. The lowest BCUT2D eigenvalue weighted by molar-refractivity contribution is -0.137. The van der Waals surface area contributed by atoms with Gasteiger partial charge in [0.15, 0.2) is 0 Å². The Hall–Kier alpha value is -1.90. The van der Waals surface area contributed by atoms with Crippen LogP contribution < -0.4 is 15.4 Å². The standard InChI is InChI=1S/C21H23F3N2O2S.ClH/c1-28-16-11-15(21(22,23)24)12-17(29-2)18(16)19(27)26-20(9-6-10-25-13-20)14-7-4-3-5-8-14;/h3-5,7-8,11-12,25H,6,9-10,13H2,1-2H3,(H,26,27);1H. The number of amides is 1. The minimum absolute atomic E-state index is 0. The Morgan fingerprint density at radius 3 is 2.47 bits per heavy atom. The van der Waals surface area contributed by atoms with Crippen LogP contribution in [0.3, 0.4) is 0 Å². The molecule has 1 unspecified atom stereocenters. The summed E-state index contributed by atoms with van der Waals surface area (Å²) >= 11 is 1.08. The molecule has 9 heteroatoms. The third kappa shape index (κ3) is 5.04. The van der Waals surface area contributed by atoms with Crippen LogP contribution in [0.15, 0.2) is 47.4 Å². The van der Waals surface area contributed by atoms with Crippen molar-refractivity contribution >= 4 is 30.1 Å². The number of alkyl halides is 3. The predicted octanol–water partition coefficient (Wildman–Crippen LogP) is 4.87. The van der Waals surface area contributed by atoms with Gasteiger partial charge in [-0.3, -0.25) is 4.79 Å². The van der Waals surface area contributed by atoms with E-state index in [0.29, 0.717) is 6.54 Å². The number of rotatable bonds is 5. The largest absolute Gasteiger partial charge is 0.496 e. The molecule has 1 fully saturated rings. The van der Waals surface area contributed by atoms with E-state index in [4.69, 9.17) is 4.74 Å². The molecular weight excluding hydrogens is 437 g/mol. The predicted molar refractivity (Wildman–Crippen MR) is 115 cm³/mol. The second kappa shape index (κ2) is 9.94. The minimum atomic E-state index is -4.52. The molecule has 2 aromatic rings. The SMILES string of the molecule is COc1cc(C(F)(F)F)cc(SC)c1C(=O)NC1(c2ccccc2)CCCNC1.Cl. The van der Waals surface area contributed by atoms with Crippen molar-refractivity contribution in [2.45, 2.75) is 29.5 Å². The highest BCUT2D eigenvalue weighted by Gasteiger charge is 2.38. The van der Waals surface area contributed by atoms with E-state index in [-0.39, 0.29) is 28.6 Å². The second-order valence-electron chi connectivity index (χ2n) is 6.94. The molecule has 0 radical (unpaired) electrons. The number of hydrogen-bond acceptors (Lipinski definition) is 4. The van der Waals surface area contributed by atoms with Gasteiger partial charge in [0.25, 0.3) is 5.91 Å². The molecule has 30 heavy (non-hydrogen) atoms. The number of ether oxygens (including phenoxy) is 1. The fourth-order valence-electron chi connectivity index (χ4n) is 3.67. The van der Waals surface area contributed by atoms with E-state index in [1.807, 2.05) is 30.3 Å². The molecule has 0 bridgehead atoms. The quantitative estimate of drug-likeness (QED) is 0.625. The molecule has 1 aliphatic heterocycles. The van der Waals surface area contributed by atoms with Gasteiger partial charge in [-0.05, 0) is 43.3 Å². The van der Waals surface area contributed by atoms with Crippen LogP contribution in [0.5, 0.6) is 5.75 Å². The Morgan fingerprint density at radius 2 is 1.93 bits per heavy atom. The fourth-order valence-corrected chi connectivity index (χ4v) is 4.31. The van der Waals surface area contributed by atoms with Crippen molar-refractivity contribution in [1.82, 2.24) is 10.6 Å². The number of benzene rings is 2. The number of nitrogens with one attached hydrogen (secondary N) is 2. The molecule has 1 atom stereocenters. The molecule has 2 aromatic carbocycles. The lowest BCUT2D eigenvalue weighted by Crippen LogP contribution is -2.55. The molecule has 2 N–H and O–H groups in total. The minimum Gasteiger partial charge on any atom is -0.496 e. The summed E-state index contributed by atoms with van der Waals surface area (Å²) in [5.74, 6) is -0.541. The Kier molecular flexibility index (Phi) is 8.07. The third-order valence-corrected chi connectivity index (χ3v) is 5.89. The van der Waals surface area contributed by atoms with Gasteiger partial charge in [-0.15, -0.1) is 24.2 Å². The highest BCUT2D eigenvalue weighted by Crippen LogP contribution is 2.39. The van der Waals surface area contributed by atoms with E-state index in [0.717, 1.165) is 48.8 Å². The molecule has 4 nitrogen and oxygen atoms in total. The Labute approximate surface area is 184 Å². The maximum Gasteiger partial charge on any atom is 0.416 e. The molecular formula is C21H24ClF3N2O2S. The summed E-state index contributed by atoms with van der Waals surface area (Å²) in [6.45, 7) is 1.39.